The summed E-state index contributed by atoms with van der Waals surface area (Å²) in [5.74, 6) is 0. The molecule has 0 amide bonds. The van der Waals surface area contributed by atoms with E-state index in [-0.39, 0.29) is 16.2 Å². The molecule has 0 spiro atoms. The van der Waals surface area contributed by atoms with Crippen LogP contribution in [0.1, 0.15) is 74.9 Å². The number of benzene rings is 8. The van der Waals surface area contributed by atoms with Gasteiger partial charge in [0.25, 0.3) is 0 Å². The molecular formula is C57H47N. The Labute approximate surface area is 343 Å². The van der Waals surface area contributed by atoms with Crippen molar-refractivity contribution in [2.24, 2.45) is 0 Å². The van der Waals surface area contributed by atoms with E-state index in [0.29, 0.717) is 0 Å². The molecule has 0 fully saturated rings. The Hall–Kier alpha value is -6.44. The van der Waals surface area contributed by atoms with E-state index in [2.05, 4.69) is 222 Å². The molecule has 8 aromatic rings. The van der Waals surface area contributed by atoms with Crippen LogP contribution in [0.25, 0.3) is 55.6 Å². The molecule has 0 aliphatic heterocycles. The van der Waals surface area contributed by atoms with Gasteiger partial charge in [-0.15, -0.1) is 0 Å². The average molecular weight is 746 g/mol. The number of hydrogen-bond acceptors (Lipinski definition) is 1. The van der Waals surface area contributed by atoms with Crippen molar-refractivity contribution in [3.8, 4) is 55.6 Å². The highest BCUT2D eigenvalue weighted by atomic mass is 15.1. The van der Waals surface area contributed by atoms with E-state index < -0.39 is 0 Å². The Balaban J connectivity index is 1.13. The van der Waals surface area contributed by atoms with E-state index in [1.807, 2.05) is 0 Å². The van der Waals surface area contributed by atoms with Gasteiger partial charge in [-0.25, -0.2) is 0 Å². The summed E-state index contributed by atoms with van der Waals surface area (Å²) in [5, 5.41) is 0. The number of nitrogens with zero attached hydrogens (tertiary/aromatic N) is 1. The zero-order valence-electron chi connectivity index (χ0n) is 34.2. The largest absolute Gasteiger partial charge is 0.310 e. The van der Waals surface area contributed by atoms with Crippen molar-refractivity contribution in [2.45, 2.75) is 57.8 Å². The smallest absolute Gasteiger partial charge is 0.0473 e. The minimum atomic E-state index is -0.110. The van der Waals surface area contributed by atoms with Crippen LogP contribution in [-0.2, 0) is 16.2 Å². The number of anilines is 3. The lowest BCUT2D eigenvalue weighted by Crippen LogP contribution is -2.16. The first-order valence-corrected chi connectivity index (χ1v) is 20.8. The van der Waals surface area contributed by atoms with Gasteiger partial charge in [-0.3, -0.25) is 0 Å². The topological polar surface area (TPSA) is 3.24 Å². The molecule has 1 nitrogen and oxygen atoms in total. The molecule has 0 bridgehead atoms. The molecule has 0 unspecified atom stereocenters. The third kappa shape index (κ3) is 4.96. The highest BCUT2D eigenvalue weighted by Crippen LogP contribution is 2.53. The van der Waals surface area contributed by atoms with Crippen molar-refractivity contribution in [1.29, 1.82) is 0 Å². The van der Waals surface area contributed by atoms with Crippen LogP contribution >= 0.6 is 0 Å². The van der Waals surface area contributed by atoms with E-state index in [9.17, 15) is 0 Å². The molecule has 1 heteroatoms. The lowest BCUT2D eigenvalue weighted by molar-refractivity contribution is 0.660. The highest BCUT2D eigenvalue weighted by molar-refractivity contribution is 5.91. The predicted octanol–water partition coefficient (Wildman–Crippen LogP) is 15.4. The van der Waals surface area contributed by atoms with Gasteiger partial charge in [-0.1, -0.05) is 163 Å². The lowest BCUT2D eigenvalue weighted by atomic mass is 9.81. The molecule has 0 radical (unpaired) electrons. The van der Waals surface area contributed by atoms with Gasteiger partial charge in [-0.2, -0.15) is 0 Å². The van der Waals surface area contributed by atoms with Crippen molar-refractivity contribution >= 4 is 17.1 Å². The predicted molar refractivity (Wildman–Crippen MR) is 245 cm³/mol. The summed E-state index contributed by atoms with van der Waals surface area (Å²) < 4.78 is 0. The summed E-state index contributed by atoms with van der Waals surface area (Å²) in [6, 6.07) is 66.3. The average Bonchev–Trinajstić information content (AvgIpc) is 3.73. The van der Waals surface area contributed by atoms with E-state index in [4.69, 9.17) is 0 Å². The van der Waals surface area contributed by atoms with E-state index >= 15 is 0 Å². The maximum atomic E-state index is 2.46. The van der Waals surface area contributed by atoms with Crippen LogP contribution < -0.4 is 4.90 Å². The quantitative estimate of drug-likeness (QED) is 0.170. The molecule has 0 saturated carbocycles. The maximum absolute atomic E-state index is 2.46. The molecule has 0 atom stereocenters. The number of fused-ring (bicyclic) bond motifs is 9. The summed E-state index contributed by atoms with van der Waals surface area (Å²) in [4.78, 5) is 2.46. The molecule has 0 N–H and O–H groups in total. The van der Waals surface area contributed by atoms with Crippen LogP contribution in [0, 0.1) is 0 Å². The Morgan fingerprint density at radius 3 is 1.10 bits per heavy atom. The van der Waals surface area contributed by atoms with E-state index in [1.54, 1.807) is 0 Å². The van der Waals surface area contributed by atoms with Gasteiger partial charge in [0, 0.05) is 33.3 Å². The van der Waals surface area contributed by atoms with Crippen LogP contribution in [0.2, 0.25) is 0 Å². The van der Waals surface area contributed by atoms with Gasteiger partial charge in [-0.05, 0) is 144 Å². The summed E-state index contributed by atoms with van der Waals surface area (Å²) >= 11 is 0. The van der Waals surface area contributed by atoms with Crippen LogP contribution in [-0.4, -0.2) is 0 Å². The van der Waals surface area contributed by atoms with Crippen molar-refractivity contribution in [3.63, 3.8) is 0 Å². The second-order valence-corrected chi connectivity index (χ2v) is 18.2. The highest BCUT2D eigenvalue weighted by Gasteiger charge is 2.38. The first-order valence-electron chi connectivity index (χ1n) is 20.8. The monoisotopic (exact) mass is 745 g/mol. The molecule has 11 rings (SSSR count). The maximum Gasteiger partial charge on any atom is 0.0473 e. The standard InChI is InChI=1S/C57H47N/c1-55(2)49-21-13-10-18-43(49)46-27-24-36(33-52(46)55)38-30-39(37-25-28-47-44-19-11-14-22-50(44)56(3,4)53(47)34-37)32-42(31-38)58(40-16-8-7-9-17-40)41-26-29-48-45-20-12-15-23-51(45)57(5,6)54(48)35-41/h7-35H,1-6H3. The van der Waals surface area contributed by atoms with Crippen molar-refractivity contribution in [1.82, 2.24) is 0 Å². The van der Waals surface area contributed by atoms with Gasteiger partial charge in [0.05, 0.1) is 0 Å². The van der Waals surface area contributed by atoms with Crippen molar-refractivity contribution in [2.75, 3.05) is 4.90 Å². The van der Waals surface area contributed by atoms with Gasteiger partial charge >= 0.3 is 0 Å². The Kier molecular flexibility index (Phi) is 7.36. The van der Waals surface area contributed by atoms with Gasteiger partial charge < -0.3 is 4.90 Å². The van der Waals surface area contributed by atoms with Crippen LogP contribution in [0.5, 0.6) is 0 Å². The first-order chi connectivity index (χ1) is 28.0. The van der Waals surface area contributed by atoms with Gasteiger partial charge in [0.2, 0.25) is 0 Å². The molecule has 0 heterocycles. The van der Waals surface area contributed by atoms with Crippen molar-refractivity contribution < 1.29 is 0 Å². The Morgan fingerprint density at radius 1 is 0.259 bits per heavy atom. The molecular weight excluding hydrogens is 699 g/mol. The van der Waals surface area contributed by atoms with Crippen LogP contribution in [0.3, 0.4) is 0 Å². The number of rotatable bonds is 5. The van der Waals surface area contributed by atoms with Crippen molar-refractivity contribution in [3.05, 3.63) is 209 Å². The fraction of sp³-hybridized carbons (Fsp3) is 0.158. The molecule has 8 aromatic carbocycles. The zero-order chi connectivity index (χ0) is 39.6. The van der Waals surface area contributed by atoms with Gasteiger partial charge in [0.1, 0.15) is 0 Å². The molecule has 0 saturated heterocycles. The fourth-order valence-electron chi connectivity index (χ4n) is 10.7. The summed E-state index contributed by atoms with van der Waals surface area (Å²) in [6.45, 7) is 14.2. The second-order valence-electron chi connectivity index (χ2n) is 18.2. The first kappa shape index (κ1) is 34.8. The molecule has 3 aliphatic carbocycles. The summed E-state index contributed by atoms with van der Waals surface area (Å²) in [5.41, 5.74) is 24.4. The number of hydrogen-bond donors (Lipinski definition) is 0. The normalized spacial score (nSPS) is 15.5. The Bertz CT molecular complexity index is 2850. The minimum Gasteiger partial charge on any atom is -0.310 e. The van der Waals surface area contributed by atoms with Crippen LogP contribution in [0.15, 0.2) is 176 Å². The molecule has 3 aliphatic rings. The minimum absolute atomic E-state index is 0.0895. The third-order valence-corrected chi connectivity index (χ3v) is 13.8. The fourth-order valence-corrected chi connectivity index (χ4v) is 10.7. The number of para-hydroxylation sites is 1. The Morgan fingerprint density at radius 2 is 0.638 bits per heavy atom. The van der Waals surface area contributed by atoms with E-state index in [1.165, 1.54) is 89.0 Å². The molecule has 58 heavy (non-hydrogen) atoms. The van der Waals surface area contributed by atoms with E-state index in [0.717, 1.165) is 17.1 Å². The molecule has 280 valence electrons. The molecule has 0 aromatic heterocycles. The zero-order valence-corrected chi connectivity index (χ0v) is 34.2. The van der Waals surface area contributed by atoms with Gasteiger partial charge in [0.15, 0.2) is 0 Å². The third-order valence-electron chi connectivity index (χ3n) is 13.8. The summed E-state index contributed by atoms with van der Waals surface area (Å²) in [6.07, 6.45) is 0. The second kappa shape index (κ2) is 12.3. The SMILES string of the molecule is CC1(C)c2ccccc2-c2ccc(-c3cc(-c4ccc5c(c4)C(C)(C)c4ccccc4-5)cc(N(c4ccccc4)c4ccc5c(c4)C(C)(C)c4ccccc4-5)c3)cc21. The lowest BCUT2D eigenvalue weighted by Gasteiger charge is -2.29. The summed E-state index contributed by atoms with van der Waals surface area (Å²) in [7, 11) is 0. The van der Waals surface area contributed by atoms with Crippen LogP contribution in [0.4, 0.5) is 17.1 Å².